The average Bonchev–Trinajstić information content (AvgIpc) is 2.80. The highest BCUT2D eigenvalue weighted by Gasteiger charge is 2.04. The molecule has 1 heterocycles. The molecule has 0 saturated heterocycles. The van der Waals surface area contributed by atoms with E-state index < -0.39 is 0 Å². The molecule has 3 heteroatoms. The van der Waals surface area contributed by atoms with Crippen LogP contribution in [0.3, 0.4) is 0 Å². The van der Waals surface area contributed by atoms with Gasteiger partial charge in [0, 0.05) is 16.3 Å². The van der Waals surface area contributed by atoms with Gasteiger partial charge < -0.3 is 10.1 Å². The van der Waals surface area contributed by atoms with Gasteiger partial charge in [-0.25, -0.2) is 0 Å². The first-order valence-corrected chi connectivity index (χ1v) is 7.48. The number of benzene rings is 1. The quantitative estimate of drug-likeness (QED) is 0.824. The Labute approximate surface area is 119 Å². The number of ether oxygens (including phenoxy) is 1. The van der Waals surface area contributed by atoms with Gasteiger partial charge in [-0.3, -0.25) is 0 Å². The van der Waals surface area contributed by atoms with Gasteiger partial charge in [-0.2, -0.15) is 0 Å². The summed E-state index contributed by atoms with van der Waals surface area (Å²) in [5, 5.41) is 3.45. The second kappa shape index (κ2) is 6.62. The number of aryl methyl sites for hydroxylation is 1. The van der Waals surface area contributed by atoms with Crippen molar-refractivity contribution in [1.29, 1.82) is 0 Å². The van der Waals surface area contributed by atoms with E-state index in [1.165, 1.54) is 9.75 Å². The van der Waals surface area contributed by atoms with Gasteiger partial charge >= 0.3 is 0 Å². The van der Waals surface area contributed by atoms with E-state index in [0.29, 0.717) is 5.92 Å². The van der Waals surface area contributed by atoms with Gasteiger partial charge in [-0.1, -0.05) is 26.0 Å². The summed E-state index contributed by atoms with van der Waals surface area (Å²) in [6.45, 7) is 8.04. The standard InChI is InChI=1S/C16H21NOS/c1-12(2)11-18-16-7-5-4-6-15(16)17-10-14-9-8-13(3)19-14/h4-9,12,17H,10-11H2,1-3H3. The van der Waals surface area contributed by atoms with Crippen LogP contribution in [0.5, 0.6) is 5.75 Å². The molecule has 0 amide bonds. The van der Waals surface area contributed by atoms with E-state index in [1.54, 1.807) is 0 Å². The molecule has 2 rings (SSSR count). The van der Waals surface area contributed by atoms with Crippen molar-refractivity contribution in [2.75, 3.05) is 11.9 Å². The Hall–Kier alpha value is -1.48. The van der Waals surface area contributed by atoms with Gasteiger partial charge in [0.25, 0.3) is 0 Å². The normalized spacial score (nSPS) is 10.7. The molecule has 0 aliphatic heterocycles. The molecule has 19 heavy (non-hydrogen) atoms. The van der Waals surface area contributed by atoms with Crippen LogP contribution in [-0.4, -0.2) is 6.61 Å². The van der Waals surface area contributed by atoms with Crippen molar-refractivity contribution in [1.82, 2.24) is 0 Å². The Bertz CT molecular complexity index is 519. The molecule has 0 fully saturated rings. The first kappa shape index (κ1) is 13.9. The highest BCUT2D eigenvalue weighted by Crippen LogP contribution is 2.25. The van der Waals surface area contributed by atoms with E-state index in [4.69, 9.17) is 4.74 Å². The van der Waals surface area contributed by atoms with Crippen LogP contribution in [0.2, 0.25) is 0 Å². The van der Waals surface area contributed by atoms with Crippen LogP contribution >= 0.6 is 11.3 Å². The number of hydrogen-bond donors (Lipinski definition) is 1. The molecule has 0 bridgehead atoms. The molecule has 0 aliphatic rings. The summed E-state index contributed by atoms with van der Waals surface area (Å²) >= 11 is 1.83. The highest BCUT2D eigenvalue weighted by molar-refractivity contribution is 7.11. The molecule has 0 unspecified atom stereocenters. The van der Waals surface area contributed by atoms with E-state index in [0.717, 1.165) is 24.6 Å². The molecule has 0 spiro atoms. The Balaban J connectivity index is 1.99. The Morgan fingerprint density at radius 2 is 1.95 bits per heavy atom. The number of hydrogen-bond acceptors (Lipinski definition) is 3. The van der Waals surface area contributed by atoms with Gasteiger partial charge in [-0.15, -0.1) is 11.3 Å². The molecule has 2 nitrogen and oxygen atoms in total. The highest BCUT2D eigenvalue weighted by atomic mass is 32.1. The Kier molecular flexibility index (Phi) is 4.86. The largest absolute Gasteiger partial charge is 0.491 e. The topological polar surface area (TPSA) is 21.3 Å². The predicted octanol–water partition coefficient (Wildman–Crippen LogP) is 4.70. The van der Waals surface area contributed by atoms with Crippen molar-refractivity contribution in [3.63, 3.8) is 0 Å². The number of rotatable bonds is 6. The molecule has 0 saturated carbocycles. The molecule has 1 N–H and O–H groups in total. The number of anilines is 1. The van der Waals surface area contributed by atoms with Crippen molar-refractivity contribution in [3.8, 4) is 5.75 Å². The van der Waals surface area contributed by atoms with Gasteiger partial charge in [0.1, 0.15) is 5.75 Å². The molecule has 1 aromatic carbocycles. The fourth-order valence-electron chi connectivity index (χ4n) is 1.76. The van der Waals surface area contributed by atoms with E-state index in [-0.39, 0.29) is 0 Å². The summed E-state index contributed by atoms with van der Waals surface area (Å²) in [6, 6.07) is 12.5. The summed E-state index contributed by atoms with van der Waals surface area (Å²) in [7, 11) is 0. The Morgan fingerprint density at radius 1 is 1.16 bits per heavy atom. The Morgan fingerprint density at radius 3 is 2.63 bits per heavy atom. The second-order valence-electron chi connectivity index (χ2n) is 5.07. The van der Waals surface area contributed by atoms with Gasteiger partial charge in [-0.05, 0) is 37.1 Å². The zero-order chi connectivity index (χ0) is 13.7. The van der Waals surface area contributed by atoms with Gasteiger partial charge in [0.15, 0.2) is 0 Å². The zero-order valence-electron chi connectivity index (χ0n) is 11.8. The van der Waals surface area contributed by atoms with Crippen molar-refractivity contribution in [2.45, 2.75) is 27.3 Å². The zero-order valence-corrected chi connectivity index (χ0v) is 12.6. The summed E-state index contributed by atoms with van der Waals surface area (Å²) in [6.07, 6.45) is 0. The van der Waals surface area contributed by atoms with Crippen LogP contribution in [0.15, 0.2) is 36.4 Å². The van der Waals surface area contributed by atoms with Crippen LogP contribution in [0.4, 0.5) is 5.69 Å². The molecule has 1 aromatic heterocycles. The maximum absolute atomic E-state index is 5.83. The third-order valence-corrected chi connectivity index (χ3v) is 3.71. The lowest BCUT2D eigenvalue weighted by Gasteiger charge is -2.14. The lowest BCUT2D eigenvalue weighted by Crippen LogP contribution is -2.07. The molecule has 0 radical (unpaired) electrons. The van der Waals surface area contributed by atoms with Crippen molar-refractivity contribution in [3.05, 3.63) is 46.2 Å². The number of thiophene rings is 1. The van der Waals surface area contributed by atoms with Crippen molar-refractivity contribution < 1.29 is 4.74 Å². The van der Waals surface area contributed by atoms with Crippen molar-refractivity contribution >= 4 is 17.0 Å². The van der Waals surface area contributed by atoms with Gasteiger partial charge in [0.2, 0.25) is 0 Å². The van der Waals surface area contributed by atoms with Crippen LogP contribution in [0, 0.1) is 12.8 Å². The van der Waals surface area contributed by atoms with Crippen LogP contribution < -0.4 is 10.1 Å². The third kappa shape index (κ3) is 4.28. The van der Waals surface area contributed by atoms with Gasteiger partial charge in [0.05, 0.1) is 12.3 Å². The molecule has 2 aromatic rings. The second-order valence-corrected chi connectivity index (χ2v) is 6.44. The minimum absolute atomic E-state index is 0.535. The summed E-state index contributed by atoms with van der Waals surface area (Å²) < 4.78 is 5.83. The molecule has 0 atom stereocenters. The minimum Gasteiger partial charge on any atom is -0.491 e. The lowest BCUT2D eigenvalue weighted by molar-refractivity contribution is 0.272. The summed E-state index contributed by atoms with van der Waals surface area (Å²) in [5.41, 5.74) is 1.06. The molecule has 102 valence electrons. The first-order valence-electron chi connectivity index (χ1n) is 6.66. The third-order valence-electron chi connectivity index (χ3n) is 2.71. The number of para-hydroxylation sites is 2. The van der Waals surface area contributed by atoms with Crippen LogP contribution in [0.1, 0.15) is 23.6 Å². The average molecular weight is 275 g/mol. The molecular weight excluding hydrogens is 254 g/mol. The fourth-order valence-corrected chi connectivity index (χ4v) is 2.59. The summed E-state index contributed by atoms with van der Waals surface area (Å²) in [5.74, 6) is 1.47. The minimum atomic E-state index is 0.535. The fraction of sp³-hybridized carbons (Fsp3) is 0.375. The smallest absolute Gasteiger partial charge is 0.142 e. The van der Waals surface area contributed by atoms with Crippen LogP contribution in [0.25, 0.3) is 0 Å². The maximum atomic E-state index is 5.83. The van der Waals surface area contributed by atoms with E-state index >= 15 is 0 Å². The lowest BCUT2D eigenvalue weighted by atomic mass is 10.2. The summed E-state index contributed by atoms with van der Waals surface area (Å²) in [4.78, 5) is 2.69. The monoisotopic (exact) mass is 275 g/mol. The maximum Gasteiger partial charge on any atom is 0.142 e. The number of nitrogens with one attached hydrogen (secondary N) is 1. The van der Waals surface area contributed by atoms with Crippen LogP contribution in [-0.2, 0) is 6.54 Å². The molecular formula is C16H21NOS. The SMILES string of the molecule is Cc1ccc(CNc2ccccc2OCC(C)C)s1. The van der Waals surface area contributed by atoms with E-state index in [1.807, 2.05) is 29.5 Å². The van der Waals surface area contributed by atoms with E-state index in [9.17, 15) is 0 Å². The predicted molar refractivity (Wildman–Crippen MR) is 83.2 cm³/mol. The van der Waals surface area contributed by atoms with Crippen molar-refractivity contribution in [2.24, 2.45) is 5.92 Å². The first-order chi connectivity index (χ1) is 9.15. The van der Waals surface area contributed by atoms with E-state index in [2.05, 4.69) is 44.3 Å². The molecule has 0 aliphatic carbocycles.